The molecule has 0 bridgehead atoms. The molecule has 0 aliphatic rings. The van der Waals surface area contributed by atoms with Gasteiger partial charge in [-0.25, -0.2) is 4.79 Å². The lowest BCUT2D eigenvalue weighted by Crippen LogP contribution is -2.50. The second-order valence-electron chi connectivity index (χ2n) is 4.80. The number of carbonyl (C=O) groups is 2. The molecule has 16 heavy (non-hydrogen) atoms. The number of hydrogen-bond donors (Lipinski definition) is 3. The minimum absolute atomic E-state index is 0.160. The van der Waals surface area contributed by atoms with Gasteiger partial charge < -0.3 is 16.2 Å². The minimum Gasteiger partial charge on any atom is -0.480 e. The van der Waals surface area contributed by atoms with Crippen LogP contribution in [-0.4, -0.2) is 29.1 Å². The highest BCUT2D eigenvalue weighted by molar-refractivity contribution is 5.86. The lowest BCUT2D eigenvalue weighted by atomic mass is 10.0. The Morgan fingerprint density at radius 3 is 2.06 bits per heavy atom. The lowest BCUT2D eigenvalue weighted by molar-refractivity contribution is -0.143. The van der Waals surface area contributed by atoms with Gasteiger partial charge in [0.1, 0.15) is 6.04 Å². The van der Waals surface area contributed by atoms with Crippen LogP contribution in [0.2, 0.25) is 0 Å². The molecule has 0 radical (unpaired) electrons. The van der Waals surface area contributed by atoms with Crippen molar-refractivity contribution < 1.29 is 14.7 Å². The summed E-state index contributed by atoms with van der Waals surface area (Å²) < 4.78 is 0. The molecule has 0 saturated heterocycles. The first-order valence-electron chi connectivity index (χ1n) is 5.54. The molecule has 0 saturated carbocycles. The average molecular weight is 230 g/mol. The molecule has 1 unspecified atom stereocenters. The van der Waals surface area contributed by atoms with Crippen molar-refractivity contribution in [2.75, 3.05) is 0 Å². The third-order valence-electron chi connectivity index (χ3n) is 2.29. The normalized spacial score (nSPS) is 14.9. The van der Waals surface area contributed by atoms with Gasteiger partial charge in [0.15, 0.2) is 0 Å². The van der Waals surface area contributed by atoms with Crippen LogP contribution in [-0.2, 0) is 9.59 Å². The van der Waals surface area contributed by atoms with Gasteiger partial charge in [-0.15, -0.1) is 0 Å². The summed E-state index contributed by atoms with van der Waals surface area (Å²) in [6, 6.07) is -1.51. The van der Waals surface area contributed by atoms with Crippen molar-refractivity contribution in [1.82, 2.24) is 5.32 Å². The van der Waals surface area contributed by atoms with Crippen molar-refractivity contribution in [3.05, 3.63) is 0 Å². The maximum Gasteiger partial charge on any atom is 0.326 e. The van der Waals surface area contributed by atoms with Gasteiger partial charge in [-0.1, -0.05) is 27.7 Å². The molecule has 4 N–H and O–H groups in total. The van der Waals surface area contributed by atoms with Crippen molar-refractivity contribution in [2.45, 2.75) is 46.2 Å². The summed E-state index contributed by atoms with van der Waals surface area (Å²) in [5, 5.41) is 11.4. The Kier molecular flexibility index (Phi) is 6.03. The van der Waals surface area contributed by atoms with Gasteiger partial charge in [0.25, 0.3) is 0 Å². The van der Waals surface area contributed by atoms with Crippen LogP contribution in [0.25, 0.3) is 0 Å². The minimum atomic E-state index is -1.03. The zero-order chi connectivity index (χ0) is 12.9. The van der Waals surface area contributed by atoms with E-state index in [1.165, 1.54) is 0 Å². The Morgan fingerprint density at radius 2 is 1.75 bits per heavy atom. The average Bonchev–Trinajstić information content (AvgIpc) is 2.11. The topological polar surface area (TPSA) is 92.4 Å². The van der Waals surface area contributed by atoms with E-state index in [1.807, 2.05) is 13.8 Å². The Hall–Kier alpha value is -1.10. The highest BCUT2D eigenvalue weighted by atomic mass is 16.4. The van der Waals surface area contributed by atoms with Crippen LogP contribution in [0.4, 0.5) is 0 Å². The number of aliphatic carboxylic acids is 1. The van der Waals surface area contributed by atoms with Crippen LogP contribution in [0, 0.1) is 11.8 Å². The summed E-state index contributed by atoms with van der Waals surface area (Å²) in [6.07, 6.45) is 0.552. The molecule has 0 aromatic rings. The van der Waals surface area contributed by atoms with E-state index in [0.717, 1.165) is 0 Å². The number of amides is 1. The van der Waals surface area contributed by atoms with Crippen LogP contribution in [0.15, 0.2) is 0 Å². The number of nitrogens with two attached hydrogens (primary N) is 1. The number of rotatable bonds is 6. The Bertz CT molecular complexity index is 252. The molecule has 1 amide bonds. The summed E-state index contributed by atoms with van der Waals surface area (Å²) in [5.74, 6) is -1.27. The molecule has 0 aromatic heterocycles. The van der Waals surface area contributed by atoms with Crippen LogP contribution in [0.3, 0.4) is 0 Å². The summed E-state index contributed by atoms with van der Waals surface area (Å²) in [6.45, 7) is 7.41. The standard InChI is InChI=1S/C11H22N2O3/c1-6(2)5-8(12)10(14)13-9(7(3)4)11(15)16/h6-9H,5,12H2,1-4H3,(H,13,14)(H,15,16)/t8-,9?/m0/s1. The molecule has 0 fully saturated rings. The molecule has 94 valence electrons. The molecule has 0 heterocycles. The molecule has 5 heteroatoms. The number of carboxylic acid groups (broad SMARTS) is 1. The monoisotopic (exact) mass is 230 g/mol. The summed E-state index contributed by atoms with van der Waals surface area (Å²) >= 11 is 0. The van der Waals surface area contributed by atoms with E-state index in [9.17, 15) is 9.59 Å². The maximum absolute atomic E-state index is 11.6. The van der Waals surface area contributed by atoms with E-state index in [-0.39, 0.29) is 5.92 Å². The first-order valence-corrected chi connectivity index (χ1v) is 5.54. The van der Waals surface area contributed by atoms with Crippen molar-refractivity contribution in [1.29, 1.82) is 0 Å². The van der Waals surface area contributed by atoms with E-state index < -0.39 is 24.0 Å². The molecule has 0 spiro atoms. The predicted octanol–water partition coefficient (Wildman–Crippen LogP) is 0.585. The third-order valence-corrected chi connectivity index (χ3v) is 2.29. The van der Waals surface area contributed by atoms with Crippen molar-refractivity contribution >= 4 is 11.9 Å². The first kappa shape index (κ1) is 14.9. The maximum atomic E-state index is 11.6. The number of nitrogens with one attached hydrogen (secondary N) is 1. The predicted molar refractivity (Wildman–Crippen MR) is 61.8 cm³/mol. The van der Waals surface area contributed by atoms with Gasteiger partial charge in [0.05, 0.1) is 6.04 Å². The van der Waals surface area contributed by atoms with E-state index >= 15 is 0 Å². The molecule has 0 aromatic carbocycles. The van der Waals surface area contributed by atoms with Crippen molar-refractivity contribution in [3.8, 4) is 0 Å². The Balaban J connectivity index is 4.35. The summed E-state index contributed by atoms with van der Waals surface area (Å²) in [5.41, 5.74) is 5.66. The second kappa shape index (κ2) is 6.48. The first-order chi connectivity index (χ1) is 7.25. The van der Waals surface area contributed by atoms with Crippen LogP contribution < -0.4 is 11.1 Å². The zero-order valence-corrected chi connectivity index (χ0v) is 10.4. The van der Waals surface area contributed by atoms with Gasteiger partial charge in [-0.05, 0) is 18.3 Å². The fourth-order valence-electron chi connectivity index (χ4n) is 1.39. The van der Waals surface area contributed by atoms with Gasteiger partial charge in [0.2, 0.25) is 5.91 Å². The quantitative estimate of drug-likeness (QED) is 0.622. The summed E-state index contributed by atoms with van der Waals surface area (Å²) in [7, 11) is 0. The molecule has 0 rings (SSSR count). The highest BCUT2D eigenvalue weighted by Gasteiger charge is 2.25. The number of hydrogen-bond acceptors (Lipinski definition) is 3. The van der Waals surface area contributed by atoms with Crippen molar-refractivity contribution in [3.63, 3.8) is 0 Å². The molecule has 0 aliphatic carbocycles. The van der Waals surface area contributed by atoms with Crippen LogP contribution in [0.1, 0.15) is 34.1 Å². The van der Waals surface area contributed by atoms with Crippen LogP contribution >= 0.6 is 0 Å². The van der Waals surface area contributed by atoms with Gasteiger partial charge >= 0.3 is 5.97 Å². The van der Waals surface area contributed by atoms with Gasteiger partial charge in [-0.3, -0.25) is 4.79 Å². The zero-order valence-electron chi connectivity index (χ0n) is 10.4. The fourth-order valence-corrected chi connectivity index (χ4v) is 1.39. The molecular formula is C11H22N2O3. The third kappa shape index (κ3) is 5.11. The second-order valence-corrected chi connectivity index (χ2v) is 4.80. The SMILES string of the molecule is CC(C)C[C@H](N)C(=O)NC(C(=O)O)C(C)C. The van der Waals surface area contributed by atoms with Crippen LogP contribution in [0.5, 0.6) is 0 Å². The van der Waals surface area contributed by atoms with E-state index in [4.69, 9.17) is 10.8 Å². The highest BCUT2D eigenvalue weighted by Crippen LogP contribution is 2.05. The fraction of sp³-hybridized carbons (Fsp3) is 0.818. The van der Waals surface area contributed by atoms with Gasteiger partial charge in [-0.2, -0.15) is 0 Å². The van der Waals surface area contributed by atoms with E-state index in [0.29, 0.717) is 12.3 Å². The van der Waals surface area contributed by atoms with E-state index in [2.05, 4.69) is 5.32 Å². The largest absolute Gasteiger partial charge is 0.480 e. The summed E-state index contributed by atoms with van der Waals surface area (Å²) in [4.78, 5) is 22.5. The smallest absolute Gasteiger partial charge is 0.326 e. The number of carboxylic acids is 1. The molecular weight excluding hydrogens is 208 g/mol. The molecule has 5 nitrogen and oxygen atoms in total. The Labute approximate surface area is 96.4 Å². The van der Waals surface area contributed by atoms with E-state index in [1.54, 1.807) is 13.8 Å². The number of carbonyl (C=O) groups excluding carboxylic acids is 1. The lowest BCUT2D eigenvalue weighted by Gasteiger charge is -2.21. The molecule has 2 atom stereocenters. The Morgan fingerprint density at radius 1 is 1.25 bits per heavy atom. The molecule has 0 aliphatic heterocycles. The van der Waals surface area contributed by atoms with Gasteiger partial charge in [0, 0.05) is 0 Å². The van der Waals surface area contributed by atoms with Crippen molar-refractivity contribution in [2.24, 2.45) is 17.6 Å².